The zero-order chi connectivity index (χ0) is 37.0. The summed E-state index contributed by atoms with van der Waals surface area (Å²) in [5.74, 6) is 0. The predicted molar refractivity (Wildman–Crippen MR) is 213 cm³/mol. The molecule has 0 atom stereocenters. The van der Waals surface area contributed by atoms with E-state index < -0.39 is 0 Å². The number of hydrogen-bond acceptors (Lipinski definition) is 9. The van der Waals surface area contributed by atoms with E-state index in [2.05, 4.69) is 139 Å². The topological polar surface area (TPSA) is 106 Å². The lowest BCUT2D eigenvalue weighted by Gasteiger charge is -2.35. The maximum atomic E-state index is 4.92. The SMILES string of the molecule is Cc1c(C)c(N(c2ccc(-c3ccccc3)cc2)c2c(C)c(C)c(-c3cnc4nccnc4n3)c(C)c2C)c(C)c(C)c1-c1cnc2nccnc2n1. The summed E-state index contributed by atoms with van der Waals surface area (Å²) in [6, 6.07) is 19.4. The molecule has 8 aromatic rings. The van der Waals surface area contributed by atoms with Crippen LogP contribution in [0, 0.1) is 55.4 Å². The molecule has 0 radical (unpaired) electrons. The van der Waals surface area contributed by atoms with Gasteiger partial charge in [0.1, 0.15) is 0 Å². The lowest BCUT2D eigenvalue weighted by atomic mass is 9.87. The second-order valence-electron chi connectivity index (χ2n) is 13.6. The summed E-state index contributed by atoms with van der Waals surface area (Å²) in [6.07, 6.45) is 10.2. The molecular weight excluding hydrogens is 655 g/mol. The van der Waals surface area contributed by atoms with Gasteiger partial charge < -0.3 is 4.90 Å². The van der Waals surface area contributed by atoms with Crippen molar-refractivity contribution in [2.45, 2.75) is 55.4 Å². The van der Waals surface area contributed by atoms with Crippen molar-refractivity contribution in [2.75, 3.05) is 4.90 Å². The van der Waals surface area contributed by atoms with E-state index in [1.165, 1.54) is 5.56 Å². The van der Waals surface area contributed by atoms with Crippen molar-refractivity contribution in [3.8, 4) is 33.6 Å². The fourth-order valence-electron chi connectivity index (χ4n) is 7.59. The van der Waals surface area contributed by atoms with Crippen LogP contribution in [0.4, 0.5) is 17.1 Å². The summed E-state index contributed by atoms with van der Waals surface area (Å²) in [5.41, 5.74) is 20.7. The number of aromatic nitrogens is 8. The molecule has 0 aliphatic heterocycles. The van der Waals surface area contributed by atoms with E-state index in [0.717, 1.165) is 89.6 Å². The van der Waals surface area contributed by atoms with Gasteiger partial charge in [0.05, 0.1) is 35.2 Å². The first-order chi connectivity index (χ1) is 25.6. The number of hydrogen-bond donors (Lipinski definition) is 0. The van der Waals surface area contributed by atoms with Gasteiger partial charge in [-0.15, -0.1) is 0 Å². The molecule has 0 N–H and O–H groups in total. The number of fused-ring (bicyclic) bond motifs is 2. The van der Waals surface area contributed by atoms with Gasteiger partial charge in [0.25, 0.3) is 0 Å². The molecule has 9 nitrogen and oxygen atoms in total. The summed E-state index contributed by atoms with van der Waals surface area (Å²) >= 11 is 0. The Labute approximate surface area is 309 Å². The second-order valence-corrected chi connectivity index (χ2v) is 13.6. The molecule has 53 heavy (non-hydrogen) atoms. The highest BCUT2D eigenvalue weighted by atomic mass is 15.2. The Morgan fingerprint density at radius 3 is 1.17 bits per heavy atom. The molecule has 0 bridgehead atoms. The predicted octanol–water partition coefficient (Wildman–Crippen LogP) is 10.1. The maximum absolute atomic E-state index is 4.92. The fourth-order valence-corrected chi connectivity index (χ4v) is 7.59. The van der Waals surface area contributed by atoms with Gasteiger partial charge in [0.15, 0.2) is 22.6 Å². The average molecular weight is 694 g/mol. The molecule has 0 amide bonds. The van der Waals surface area contributed by atoms with Crippen LogP contribution < -0.4 is 4.90 Å². The minimum Gasteiger partial charge on any atom is -0.309 e. The molecule has 4 aromatic carbocycles. The van der Waals surface area contributed by atoms with Crippen LogP contribution in [0.5, 0.6) is 0 Å². The minimum atomic E-state index is 0.531. The van der Waals surface area contributed by atoms with Gasteiger partial charge >= 0.3 is 0 Å². The molecule has 0 unspecified atom stereocenters. The van der Waals surface area contributed by atoms with Gasteiger partial charge in [-0.25, -0.2) is 39.9 Å². The quantitative estimate of drug-likeness (QED) is 0.168. The van der Waals surface area contributed by atoms with Gasteiger partial charge in [0, 0.05) is 41.6 Å². The third-order valence-corrected chi connectivity index (χ3v) is 10.8. The molecule has 0 saturated heterocycles. The second kappa shape index (κ2) is 13.2. The van der Waals surface area contributed by atoms with Crippen molar-refractivity contribution in [2.24, 2.45) is 0 Å². The zero-order valence-electron chi connectivity index (χ0n) is 31.2. The lowest BCUT2D eigenvalue weighted by molar-refractivity contribution is 1.11. The Kier molecular flexibility index (Phi) is 8.41. The maximum Gasteiger partial charge on any atom is 0.198 e. The molecule has 0 saturated carbocycles. The molecule has 0 spiro atoms. The van der Waals surface area contributed by atoms with Crippen molar-refractivity contribution >= 4 is 39.7 Å². The Balaban J connectivity index is 1.36. The largest absolute Gasteiger partial charge is 0.309 e. The van der Waals surface area contributed by atoms with Gasteiger partial charge in [0.2, 0.25) is 0 Å². The summed E-state index contributed by atoms with van der Waals surface area (Å²) in [5, 5.41) is 0. The van der Waals surface area contributed by atoms with Crippen LogP contribution in [-0.2, 0) is 0 Å². The van der Waals surface area contributed by atoms with E-state index in [4.69, 9.17) is 9.97 Å². The third kappa shape index (κ3) is 5.65. The Morgan fingerprint density at radius 2 is 0.755 bits per heavy atom. The van der Waals surface area contributed by atoms with Crippen LogP contribution in [-0.4, -0.2) is 39.9 Å². The van der Waals surface area contributed by atoms with E-state index in [1.807, 2.05) is 18.5 Å². The highest BCUT2D eigenvalue weighted by Crippen LogP contribution is 2.49. The van der Waals surface area contributed by atoms with Crippen molar-refractivity contribution in [3.05, 3.63) is 136 Å². The molecule has 260 valence electrons. The normalized spacial score (nSPS) is 11.4. The minimum absolute atomic E-state index is 0.531. The van der Waals surface area contributed by atoms with Crippen LogP contribution in [0.15, 0.2) is 91.8 Å². The van der Waals surface area contributed by atoms with Gasteiger partial charge in [-0.2, -0.15) is 0 Å². The molecule has 4 heterocycles. The molecule has 0 aliphatic carbocycles. The van der Waals surface area contributed by atoms with Gasteiger partial charge in [-0.1, -0.05) is 42.5 Å². The Hall–Kier alpha value is -6.48. The summed E-state index contributed by atoms with van der Waals surface area (Å²) in [7, 11) is 0. The highest BCUT2D eigenvalue weighted by molar-refractivity contribution is 5.91. The van der Waals surface area contributed by atoms with Gasteiger partial charge in [-0.3, -0.25) is 0 Å². The molecule has 4 aromatic heterocycles. The van der Waals surface area contributed by atoms with Crippen molar-refractivity contribution < 1.29 is 0 Å². The van der Waals surface area contributed by atoms with Crippen LogP contribution in [0.1, 0.15) is 44.5 Å². The molecular formula is C44H39N9. The Bertz CT molecular complexity index is 2500. The summed E-state index contributed by atoms with van der Waals surface area (Å²) < 4.78 is 0. The van der Waals surface area contributed by atoms with Crippen LogP contribution in [0.25, 0.3) is 56.2 Å². The van der Waals surface area contributed by atoms with Crippen molar-refractivity contribution in [1.29, 1.82) is 0 Å². The average Bonchev–Trinajstić information content (AvgIpc) is 3.19. The number of nitrogens with zero attached hydrogens (tertiary/aromatic N) is 9. The van der Waals surface area contributed by atoms with Crippen LogP contribution in [0.2, 0.25) is 0 Å². The molecule has 9 heteroatoms. The van der Waals surface area contributed by atoms with E-state index in [1.54, 1.807) is 24.8 Å². The van der Waals surface area contributed by atoms with Crippen LogP contribution in [0.3, 0.4) is 0 Å². The Morgan fingerprint density at radius 1 is 0.377 bits per heavy atom. The van der Waals surface area contributed by atoms with E-state index in [0.29, 0.717) is 22.6 Å². The summed E-state index contributed by atoms with van der Waals surface area (Å²) in [6.45, 7) is 17.6. The molecule has 8 rings (SSSR count). The van der Waals surface area contributed by atoms with Crippen molar-refractivity contribution in [3.63, 3.8) is 0 Å². The van der Waals surface area contributed by atoms with Gasteiger partial charge in [-0.05, 0) is 123 Å². The first-order valence-electron chi connectivity index (χ1n) is 17.7. The third-order valence-electron chi connectivity index (χ3n) is 10.8. The van der Waals surface area contributed by atoms with E-state index >= 15 is 0 Å². The smallest absolute Gasteiger partial charge is 0.198 e. The fraction of sp³-hybridized carbons (Fsp3) is 0.182. The first-order valence-corrected chi connectivity index (χ1v) is 17.7. The van der Waals surface area contributed by atoms with Crippen LogP contribution >= 0.6 is 0 Å². The summed E-state index contributed by atoms with van der Waals surface area (Å²) in [4.78, 5) is 39.1. The number of rotatable bonds is 6. The number of anilines is 3. The van der Waals surface area contributed by atoms with Crippen molar-refractivity contribution in [1.82, 2.24) is 39.9 Å². The lowest BCUT2D eigenvalue weighted by Crippen LogP contribution is -2.18. The zero-order valence-corrected chi connectivity index (χ0v) is 31.2. The van der Waals surface area contributed by atoms with E-state index in [-0.39, 0.29) is 0 Å². The first kappa shape index (κ1) is 33.7. The highest BCUT2D eigenvalue weighted by Gasteiger charge is 2.28. The van der Waals surface area contributed by atoms with E-state index in [9.17, 15) is 0 Å². The standard InChI is InChI=1S/C44H39N9/c1-24-28(5)39(29(6)25(2)37(24)35-22-49-41-43(51-35)47-20-18-45-41)53(34-16-14-33(15-17-34)32-12-10-9-11-13-32)40-30(7)26(3)38(27(4)31(40)8)36-23-50-42-44(52-36)48-21-19-46-42/h9-23H,1-8H3. The molecule has 0 fully saturated rings. The number of benzene rings is 4. The monoisotopic (exact) mass is 693 g/mol. The molecule has 0 aliphatic rings.